The maximum Gasteiger partial charge on any atom is 0.123 e. The van der Waals surface area contributed by atoms with E-state index in [1.54, 1.807) is 0 Å². The van der Waals surface area contributed by atoms with Gasteiger partial charge in [-0.25, -0.2) is 0 Å². The molecule has 0 aromatic heterocycles. The van der Waals surface area contributed by atoms with Gasteiger partial charge in [-0.2, -0.15) is 0 Å². The zero-order chi connectivity index (χ0) is 18.1. The molecule has 144 valence electrons. The summed E-state index contributed by atoms with van der Waals surface area (Å²) >= 11 is 0. The minimum atomic E-state index is -0.0745. The fraction of sp³-hybridized carbons (Fsp3) is 0.727. The van der Waals surface area contributed by atoms with Gasteiger partial charge in [-0.1, -0.05) is 12.1 Å². The molecule has 4 nitrogen and oxygen atoms in total. The Morgan fingerprint density at radius 2 is 1.88 bits per heavy atom. The molecular formula is C22H34N2O2. The molecule has 2 fully saturated rings. The van der Waals surface area contributed by atoms with E-state index in [1.807, 2.05) is 0 Å². The summed E-state index contributed by atoms with van der Waals surface area (Å²) in [7, 11) is 0. The molecule has 0 spiro atoms. The number of fused-ring (bicyclic) bond motifs is 1. The van der Waals surface area contributed by atoms with Crippen LogP contribution in [-0.2, 0) is 13.0 Å². The van der Waals surface area contributed by atoms with Gasteiger partial charge in [-0.3, -0.25) is 4.90 Å². The molecule has 0 unspecified atom stereocenters. The number of rotatable bonds is 5. The Morgan fingerprint density at radius 3 is 2.65 bits per heavy atom. The Morgan fingerprint density at radius 1 is 1.12 bits per heavy atom. The molecule has 0 bridgehead atoms. The van der Waals surface area contributed by atoms with Gasteiger partial charge in [0.2, 0.25) is 0 Å². The predicted octanol–water partition coefficient (Wildman–Crippen LogP) is 2.93. The Hall–Kier alpha value is -1.10. The van der Waals surface area contributed by atoms with Crippen molar-refractivity contribution in [3.8, 4) is 5.75 Å². The SMILES string of the molecule is CC1(C)Cc2cc(CN3C[C@@H](CN4CCCC4)C[C@H](CO)C3)ccc2O1. The molecule has 26 heavy (non-hydrogen) atoms. The third-order valence-corrected chi connectivity index (χ3v) is 6.21. The van der Waals surface area contributed by atoms with Crippen LogP contribution in [0.4, 0.5) is 0 Å². The van der Waals surface area contributed by atoms with Gasteiger partial charge in [-0.15, -0.1) is 0 Å². The van der Waals surface area contributed by atoms with E-state index in [0.29, 0.717) is 18.4 Å². The van der Waals surface area contributed by atoms with Crippen LogP contribution in [-0.4, -0.2) is 59.8 Å². The van der Waals surface area contributed by atoms with Crippen molar-refractivity contribution in [3.05, 3.63) is 29.3 Å². The van der Waals surface area contributed by atoms with Crippen LogP contribution < -0.4 is 4.74 Å². The number of ether oxygens (including phenoxy) is 1. The second-order valence-corrected chi connectivity index (χ2v) is 9.33. The Kier molecular flexibility index (Phi) is 5.27. The summed E-state index contributed by atoms with van der Waals surface area (Å²) in [6, 6.07) is 6.70. The fourth-order valence-corrected chi connectivity index (χ4v) is 5.17. The van der Waals surface area contributed by atoms with Gasteiger partial charge in [0.1, 0.15) is 11.4 Å². The molecule has 4 rings (SSSR count). The van der Waals surface area contributed by atoms with Gasteiger partial charge in [0.05, 0.1) is 0 Å². The van der Waals surface area contributed by atoms with Crippen LogP contribution in [0.2, 0.25) is 0 Å². The van der Waals surface area contributed by atoms with Gasteiger partial charge in [-0.05, 0) is 75.2 Å². The molecule has 3 aliphatic heterocycles. The molecule has 0 amide bonds. The first kappa shape index (κ1) is 18.3. The first-order valence-electron chi connectivity index (χ1n) is 10.4. The summed E-state index contributed by atoms with van der Waals surface area (Å²) in [6.45, 7) is 11.5. The van der Waals surface area contributed by atoms with Gasteiger partial charge < -0.3 is 14.7 Å². The highest BCUT2D eigenvalue weighted by atomic mass is 16.5. The maximum absolute atomic E-state index is 9.78. The van der Waals surface area contributed by atoms with E-state index >= 15 is 0 Å². The summed E-state index contributed by atoms with van der Waals surface area (Å²) in [6.07, 6.45) is 4.88. The third-order valence-electron chi connectivity index (χ3n) is 6.21. The van der Waals surface area contributed by atoms with E-state index < -0.39 is 0 Å². The average molecular weight is 359 g/mol. The van der Waals surface area contributed by atoms with Crippen LogP contribution >= 0.6 is 0 Å². The number of piperidine rings is 1. The summed E-state index contributed by atoms with van der Waals surface area (Å²) in [5.74, 6) is 2.17. The number of aliphatic hydroxyl groups is 1. The smallest absolute Gasteiger partial charge is 0.123 e. The van der Waals surface area contributed by atoms with Crippen molar-refractivity contribution in [2.45, 2.75) is 51.7 Å². The van der Waals surface area contributed by atoms with E-state index in [4.69, 9.17) is 4.74 Å². The van der Waals surface area contributed by atoms with Crippen molar-refractivity contribution >= 4 is 0 Å². The fourth-order valence-electron chi connectivity index (χ4n) is 5.17. The average Bonchev–Trinajstić information content (AvgIpc) is 3.20. The molecule has 0 saturated carbocycles. The molecule has 0 aliphatic carbocycles. The molecule has 3 heterocycles. The van der Waals surface area contributed by atoms with Gasteiger partial charge in [0.25, 0.3) is 0 Å². The lowest BCUT2D eigenvalue weighted by Gasteiger charge is -2.38. The van der Waals surface area contributed by atoms with E-state index in [9.17, 15) is 5.11 Å². The van der Waals surface area contributed by atoms with Crippen molar-refractivity contribution in [1.29, 1.82) is 0 Å². The van der Waals surface area contributed by atoms with Crippen LogP contribution in [0.25, 0.3) is 0 Å². The maximum atomic E-state index is 9.78. The first-order chi connectivity index (χ1) is 12.5. The summed E-state index contributed by atoms with van der Waals surface area (Å²) in [4.78, 5) is 5.19. The lowest BCUT2D eigenvalue weighted by atomic mass is 9.89. The highest BCUT2D eigenvalue weighted by molar-refractivity contribution is 5.41. The van der Waals surface area contributed by atoms with Crippen molar-refractivity contribution in [1.82, 2.24) is 9.80 Å². The Bertz CT molecular complexity index is 625. The van der Waals surface area contributed by atoms with Crippen molar-refractivity contribution in [3.63, 3.8) is 0 Å². The summed E-state index contributed by atoms with van der Waals surface area (Å²) < 4.78 is 6.01. The molecule has 2 atom stereocenters. The standard InChI is InChI=1S/C22H34N2O2/c1-22(2)11-20-10-17(5-6-21(20)26-22)12-24-14-18(9-19(15-24)16-25)13-23-7-3-4-8-23/h5-6,10,18-19,25H,3-4,7-9,11-16H2,1-2H3/t18-,19+/m1/s1. The third kappa shape index (κ3) is 4.24. The first-order valence-corrected chi connectivity index (χ1v) is 10.4. The van der Waals surface area contributed by atoms with Crippen LogP contribution in [0.3, 0.4) is 0 Å². The largest absolute Gasteiger partial charge is 0.487 e. The number of hydrogen-bond acceptors (Lipinski definition) is 4. The normalized spacial score (nSPS) is 28.9. The van der Waals surface area contributed by atoms with E-state index in [-0.39, 0.29) is 5.60 Å². The van der Waals surface area contributed by atoms with Crippen molar-refractivity contribution < 1.29 is 9.84 Å². The summed E-state index contributed by atoms with van der Waals surface area (Å²) in [5, 5.41) is 9.78. The second kappa shape index (κ2) is 7.49. The predicted molar refractivity (Wildman–Crippen MR) is 104 cm³/mol. The number of aliphatic hydroxyl groups excluding tert-OH is 1. The van der Waals surface area contributed by atoms with Crippen LogP contribution in [0.15, 0.2) is 18.2 Å². The minimum Gasteiger partial charge on any atom is -0.487 e. The zero-order valence-corrected chi connectivity index (χ0v) is 16.4. The molecule has 1 N–H and O–H groups in total. The number of nitrogens with zero attached hydrogens (tertiary/aromatic N) is 2. The van der Waals surface area contributed by atoms with E-state index in [2.05, 4.69) is 41.8 Å². The van der Waals surface area contributed by atoms with E-state index in [0.717, 1.165) is 31.8 Å². The molecular weight excluding hydrogens is 324 g/mol. The van der Waals surface area contributed by atoms with Crippen LogP contribution in [0, 0.1) is 11.8 Å². The number of likely N-dealkylation sites (tertiary alicyclic amines) is 2. The quantitative estimate of drug-likeness (QED) is 0.878. The lowest BCUT2D eigenvalue weighted by Crippen LogP contribution is -2.44. The lowest BCUT2D eigenvalue weighted by molar-refractivity contribution is 0.0658. The van der Waals surface area contributed by atoms with Gasteiger partial charge >= 0.3 is 0 Å². The summed E-state index contributed by atoms with van der Waals surface area (Å²) in [5.41, 5.74) is 2.65. The highest BCUT2D eigenvalue weighted by Gasteiger charge is 2.31. The van der Waals surface area contributed by atoms with Crippen LogP contribution in [0.1, 0.15) is 44.2 Å². The zero-order valence-electron chi connectivity index (χ0n) is 16.4. The van der Waals surface area contributed by atoms with E-state index in [1.165, 1.54) is 50.0 Å². The Balaban J connectivity index is 1.40. The number of hydrogen-bond donors (Lipinski definition) is 1. The monoisotopic (exact) mass is 358 g/mol. The molecule has 3 aliphatic rings. The molecule has 2 saturated heterocycles. The van der Waals surface area contributed by atoms with Crippen molar-refractivity contribution in [2.24, 2.45) is 11.8 Å². The van der Waals surface area contributed by atoms with Gasteiger partial charge in [0, 0.05) is 39.2 Å². The minimum absolute atomic E-state index is 0.0745. The molecule has 4 heteroatoms. The highest BCUT2D eigenvalue weighted by Crippen LogP contribution is 2.35. The topological polar surface area (TPSA) is 35.9 Å². The number of benzene rings is 1. The second-order valence-electron chi connectivity index (χ2n) is 9.33. The van der Waals surface area contributed by atoms with Gasteiger partial charge in [0.15, 0.2) is 0 Å². The molecule has 1 aromatic carbocycles. The van der Waals surface area contributed by atoms with Crippen molar-refractivity contribution in [2.75, 3.05) is 39.3 Å². The van der Waals surface area contributed by atoms with Crippen LogP contribution in [0.5, 0.6) is 5.75 Å². The molecule has 1 aromatic rings. The Labute approximate surface area is 158 Å². The molecule has 0 radical (unpaired) electrons.